The van der Waals surface area contributed by atoms with Crippen LogP contribution in [0, 0.1) is 0 Å². The van der Waals surface area contributed by atoms with E-state index in [4.69, 9.17) is 11.6 Å². The minimum Gasteiger partial charge on any atom is -0.390 e. The second-order valence-electron chi connectivity index (χ2n) is 2.96. The van der Waals surface area contributed by atoms with Crippen LogP contribution in [0.5, 0.6) is 0 Å². The topological polar surface area (TPSA) is 43.8 Å². The standard InChI is InChI=1S/C7H13ClN2O2/c1-9-2-3-10(7(9)12)5-6(11)4-8/h6,11H,2-5H2,1H3. The fourth-order valence-electron chi connectivity index (χ4n) is 1.18. The van der Waals surface area contributed by atoms with Crippen molar-refractivity contribution in [2.45, 2.75) is 6.10 Å². The van der Waals surface area contributed by atoms with Crippen LogP contribution in [0.15, 0.2) is 0 Å². The molecule has 1 aliphatic rings. The maximum atomic E-state index is 11.3. The van der Waals surface area contributed by atoms with Gasteiger partial charge in [0.1, 0.15) is 0 Å². The first-order valence-electron chi connectivity index (χ1n) is 3.89. The highest BCUT2D eigenvalue weighted by atomic mass is 35.5. The van der Waals surface area contributed by atoms with Crippen molar-refractivity contribution in [1.29, 1.82) is 0 Å². The summed E-state index contributed by atoms with van der Waals surface area (Å²) in [7, 11) is 1.75. The molecule has 0 aromatic heterocycles. The third kappa shape index (κ3) is 2.01. The lowest BCUT2D eigenvalue weighted by Gasteiger charge is -2.18. The van der Waals surface area contributed by atoms with Crippen LogP contribution in [0.1, 0.15) is 0 Å². The van der Waals surface area contributed by atoms with Crippen molar-refractivity contribution in [3.63, 3.8) is 0 Å². The maximum absolute atomic E-state index is 11.3. The highest BCUT2D eigenvalue weighted by molar-refractivity contribution is 6.18. The molecule has 1 heterocycles. The largest absolute Gasteiger partial charge is 0.390 e. The van der Waals surface area contributed by atoms with Crippen molar-refractivity contribution < 1.29 is 9.90 Å². The number of aliphatic hydroxyl groups excluding tert-OH is 1. The van der Waals surface area contributed by atoms with Gasteiger partial charge in [0.2, 0.25) is 0 Å². The highest BCUT2D eigenvalue weighted by Crippen LogP contribution is 2.06. The Kier molecular flexibility index (Phi) is 3.17. The molecule has 0 spiro atoms. The Morgan fingerprint density at radius 2 is 2.33 bits per heavy atom. The Hall–Kier alpha value is -0.480. The van der Waals surface area contributed by atoms with Gasteiger partial charge in [0.05, 0.1) is 12.0 Å². The van der Waals surface area contributed by atoms with Crippen LogP contribution in [0.4, 0.5) is 4.79 Å². The molecule has 0 aromatic rings. The molecule has 12 heavy (non-hydrogen) atoms. The molecule has 2 amide bonds. The molecule has 1 fully saturated rings. The van der Waals surface area contributed by atoms with Gasteiger partial charge >= 0.3 is 6.03 Å². The minimum absolute atomic E-state index is 0.0285. The predicted octanol–water partition coefficient (Wildman–Crippen LogP) is -0.0465. The lowest BCUT2D eigenvalue weighted by atomic mass is 10.4. The van der Waals surface area contributed by atoms with Crippen LogP contribution in [0.2, 0.25) is 0 Å². The summed E-state index contributed by atoms with van der Waals surface area (Å²) in [6, 6.07) is -0.0285. The number of likely N-dealkylation sites (N-methyl/N-ethyl adjacent to an activating group) is 1. The monoisotopic (exact) mass is 192 g/mol. The van der Waals surface area contributed by atoms with Gasteiger partial charge in [0.25, 0.3) is 0 Å². The number of carbonyl (C=O) groups is 1. The van der Waals surface area contributed by atoms with Crippen LogP contribution in [0.25, 0.3) is 0 Å². The lowest BCUT2D eigenvalue weighted by Crippen LogP contribution is -2.36. The van der Waals surface area contributed by atoms with E-state index in [-0.39, 0.29) is 11.9 Å². The first kappa shape index (κ1) is 9.61. The molecule has 1 N–H and O–H groups in total. The normalized spacial score (nSPS) is 20.4. The quantitative estimate of drug-likeness (QED) is 0.638. The number of alkyl halides is 1. The Morgan fingerprint density at radius 1 is 1.67 bits per heavy atom. The molecular formula is C7H13ClN2O2. The number of rotatable bonds is 3. The zero-order valence-corrected chi connectivity index (χ0v) is 7.79. The number of halogens is 1. The number of nitrogens with zero attached hydrogens (tertiary/aromatic N) is 2. The third-order valence-corrected chi connectivity index (χ3v) is 2.27. The van der Waals surface area contributed by atoms with E-state index in [1.807, 2.05) is 0 Å². The molecule has 1 unspecified atom stereocenters. The summed E-state index contributed by atoms with van der Waals surface area (Å²) in [4.78, 5) is 14.5. The molecule has 5 heteroatoms. The number of hydrogen-bond acceptors (Lipinski definition) is 2. The van der Waals surface area contributed by atoms with Gasteiger partial charge in [-0.1, -0.05) is 0 Å². The van der Waals surface area contributed by atoms with Gasteiger partial charge < -0.3 is 14.9 Å². The number of urea groups is 1. The molecule has 4 nitrogen and oxygen atoms in total. The molecular weight excluding hydrogens is 180 g/mol. The third-order valence-electron chi connectivity index (χ3n) is 1.91. The van der Waals surface area contributed by atoms with Gasteiger partial charge in [-0.2, -0.15) is 0 Å². The van der Waals surface area contributed by atoms with Crippen LogP contribution >= 0.6 is 11.6 Å². The second kappa shape index (κ2) is 3.96. The Balaban J connectivity index is 2.39. The molecule has 0 aliphatic carbocycles. The first-order chi connectivity index (χ1) is 5.65. The molecule has 0 bridgehead atoms. The van der Waals surface area contributed by atoms with E-state index in [0.29, 0.717) is 13.1 Å². The summed E-state index contributed by atoms with van der Waals surface area (Å²) in [5, 5.41) is 9.18. The maximum Gasteiger partial charge on any atom is 0.319 e. The fraction of sp³-hybridized carbons (Fsp3) is 0.857. The average Bonchev–Trinajstić information content (AvgIpc) is 2.36. The van der Waals surface area contributed by atoms with Crippen LogP contribution < -0.4 is 0 Å². The second-order valence-corrected chi connectivity index (χ2v) is 3.27. The van der Waals surface area contributed by atoms with Crippen molar-refractivity contribution in [2.75, 3.05) is 32.6 Å². The summed E-state index contributed by atoms with van der Waals surface area (Å²) < 4.78 is 0. The molecule has 0 aromatic carbocycles. The zero-order chi connectivity index (χ0) is 9.14. The van der Waals surface area contributed by atoms with Gasteiger partial charge in [-0.15, -0.1) is 11.6 Å². The van der Waals surface area contributed by atoms with Crippen molar-refractivity contribution >= 4 is 17.6 Å². The molecule has 1 atom stereocenters. The first-order valence-corrected chi connectivity index (χ1v) is 4.42. The van der Waals surface area contributed by atoms with E-state index in [0.717, 1.165) is 6.54 Å². The summed E-state index contributed by atoms with van der Waals surface area (Å²) in [5.74, 6) is 0.174. The van der Waals surface area contributed by atoms with Crippen LogP contribution in [-0.4, -0.2) is 59.6 Å². The molecule has 1 saturated heterocycles. The predicted molar refractivity (Wildman–Crippen MR) is 46.3 cm³/mol. The van der Waals surface area contributed by atoms with Gasteiger partial charge in [-0.25, -0.2) is 4.79 Å². The van der Waals surface area contributed by atoms with Gasteiger partial charge in [0, 0.05) is 26.7 Å². The Morgan fingerprint density at radius 3 is 2.75 bits per heavy atom. The smallest absolute Gasteiger partial charge is 0.319 e. The summed E-state index contributed by atoms with van der Waals surface area (Å²) in [6.07, 6.45) is -0.609. The molecule has 0 radical (unpaired) electrons. The molecule has 1 rings (SSSR count). The number of carbonyl (C=O) groups excluding carboxylic acids is 1. The number of hydrogen-bond donors (Lipinski definition) is 1. The van der Waals surface area contributed by atoms with Gasteiger partial charge in [-0.3, -0.25) is 0 Å². The van der Waals surface area contributed by atoms with Gasteiger partial charge in [0.15, 0.2) is 0 Å². The van der Waals surface area contributed by atoms with E-state index in [1.165, 1.54) is 0 Å². The number of aliphatic hydroxyl groups is 1. The van der Waals surface area contributed by atoms with Crippen LogP contribution in [0.3, 0.4) is 0 Å². The van der Waals surface area contributed by atoms with Crippen LogP contribution in [-0.2, 0) is 0 Å². The number of amides is 2. The van der Waals surface area contributed by atoms with Crippen molar-refractivity contribution in [3.8, 4) is 0 Å². The van der Waals surface area contributed by atoms with E-state index in [1.54, 1.807) is 16.8 Å². The Labute approximate surface area is 76.7 Å². The summed E-state index contributed by atoms with van der Waals surface area (Å²) >= 11 is 5.41. The lowest BCUT2D eigenvalue weighted by molar-refractivity contribution is 0.143. The highest BCUT2D eigenvalue weighted by Gasteiger charge is 2.26. The zero-order valence-electron chi connectivity index (χ0n) is 7.03. The molecule has 1 aliphatic heterocycles. The Bertz CT molecular complexity index is 177. The number of β-amino-alcohol motifs (C(OH)–C–C–N with tert-alkyl or cyclic N) is 1. The minimum atomic E-state index is -0.609. The molecule has 70 valence electrons. The van der Waals surface area contributed by atoms with E-state index >= 15 is 0 Å². The van der Waals surface area contributed by atoms with Crippen molar-refractivity contribution in [2.24, 2.45) is 0 Å². The van der Waals surface area contributed by atoms with Crippen molar-refractivity contribution in [1.82, 2.24) is 9.80 Å². The van der Waals surface area contributed by atoms with Gasteiger partial charge in [-0.05, 0) is 0 Å². The average molecular weight is 193 g/mol. The summed E-state index contributed by atoms with van der Waals surface area (Å²) in [6.45, 7) is 1.75. The summed E-state index contributed by atoms with van der Waals surface area (Å²) in [5.41, 5.74) is 0. The van der Waals surface area contributed by atoms with E-state index in [9.17, 15) is 9.90 Å². The SMILES string of the molecule is CN1CCN(CC(O)CCl)C1=O. The van der Waals surface area contributed by atoms with E-state index in [2.05, 4.69) is 0 Å². The molecule has 0 saturated carbocycles. The van der Waals surface area contributed by atoms with E-state index < -0.39 is 6.10 Å². The van der Waals surface area contributed by atoms with Crippen molar-refractivity contribution in [3.05, 3.63) is 0 Å². The fourth-order valence-corrected chi connectivity index (χ4v) is 1.27.